The summed E-state index contributed by atoms with van der Waals surface area (Å²) in [5.74, 6) is 2.49. The highest BCUT2D eigenvalue weighted by Gasteiger charge is 2.24. The first-order valence-electron chi connectivity index (χ1n) is 10.1. The Hall–Kier alpha value is -1.52. The van der Waals surface area contributed by atoms with Gasteiger partial charge in [-0.1, -0.05) is 6.07 Å². The van der Waals surface area contributed by atoms with Gasteiger partial charge in [0, 0.05) is 43.7 Å². The highest BCUT2D eigenvalue weighted by molar-refractivity contribution is 14.0. The molecule has 0 amide bonds. The quantitative estimate of drug-likeness (QED) is 0.307. The summed E-state index contributed by atoms with van der Waals surface area (Å²) in [7, 11) is 7.23. The molecule has 1 atom stereocenters. The van der Waals surface area contributed by atoms with Crippen LogP contribution in [0, 0.1) is 0 Å². The molecule has 0 spiro atoms. The molecule has 0 aliphatic carbocycles. The molecule has 0 bridgehead atoms. The van der Waals surface area contributed by atoms with Gasteiger partial charge in [-0.05, 0) is 49.5 Å². The Morgan fingerprint density at radius 2 is 2.00 bits per heavy atom. The molecule has 1 N–H and O–H groups in total. The second-order valence-corrected chi connectivity index (χ2v) is 8.22. The number of hydrogen-bond acceptors (Lipinski definition) is 5. The van der Waals surface area contributed by atoms with Gasteiger partial charge in [-0.15, -0.1) is 35.3 Å². The Balaban J connectivity index is 0.00000320. The Morgan fingerprint density at radius 1 is 1.23 bits per heavy atom. The van der Waals surface area contributed by atoms with E-state index in [1.165, 1.54) is 30.8 Å². The maximum Gasteiger partial charge on any atom is 0.193 e. The molecule has 1 aromatic heterocycles. The van der Waals surface area contributed by atoms with Gasteiger partial charge in [0.05, 0.1) is 20.3 Å². The van der Waals surface area contributed by atoms with Crippen molar-refractivity contribution in [3.8, 4) is 11.5 Å². The zero-order valence-electron chi connectivity index (χ0n) is 18.3. The summed E-state index contributed by atoms with van der Waals surface area (Å²) in [6.07, 6.45) is 2.57. The van der Waals surface area contributed by atoms with Gasteiger partial charge in [-0.3, -0.25) is 9.89 Å². The van der Waals surface area contributed by atoms with Gasteiger partial charge >= 0.3 is 0 Å². The zero-order chi connectivity index (χ0) is 20.6. The smallest absolute Gasteiger partial charge is 0.193 e. The summed E-state index contributed by atoms with van der Waals surface area (Å²) in [5, 5.41) is 5.75. The SMILES string of the molecule is CN=C(NCC(c1cccs1)N1CCCC1)N(C)Cc1ccc(OC)cc1OC.I. The predicted octanol–water partition coefficient (Wildman–Crippen LogP) is 4.23. The summed E-state index contributed by atoms with van der Waals surface area (Å²) in [6.45, 7) is 3.88. The van der Waals surface area contributed by atoms with Crippen molar-refractivity contribution in [3.63, 3.8) is 0 Å². The van der Waals surface area contributed by atoms with Crippen molar-refractivity contribution in [2.45, 2.75) is 25.4 Å². The Morgan fingerprint density at radius 3 is 2.60 bits per heavy atom. The van der Waals surface area contributed by atoms with E-state index in [1.54, 1.807) is 14.2 Å². The number of nitrogens with one attached hydrogen (secondary N) is 1. The van der Waals surface area contributed by atoms with E-state index >= 15 is 0 Å². The summed E-state index contributed by atoms with van der Waals surface area (Å²) in [6, 6.07) is 10.7. The molecule has 1 aliphatic heterocycles. The fraction of sp³-hybridized carbons (Fsp3) is 0.500. The Kier molecular flexibility index (Phi) is 10.2. The molecule has 1 fully saturated rings. The summed E-state index contributed by atoms with van der Waals surface area (Å²) < 4.78 is 10.8. The van der Waals surface area contributed by atoms with E-state index in [0.29, 0.717) is 12.6 Å². The van der Waals surface area contributed by atoms with E-state index in [-0.39, 0.29) is 24.0 Å². The van der Waals surface area contributed by atoms with Gasteiger partial charge in [0.25, 0.3) is 0 Å². The molecule has 3 rings (SSSR count). The topological polar surface area (TPSA) is 49.3 Å². The number of methoxy groups -OCH3 is 2. The van der Waals surface area contributed by atoms with Gasteiger partial charge in [0.2, 0.25) is 0 Å². The molecule has 30 heavy (non-hydrogen) atoms. The molecular formula is C22H33IN4O2S. The van der Waals surface area contributed by atoms with Crippen molar-refractivity contribution in [1.82, 2.24) is 15.1 Å². The van der Waals surface area contributed by atoms with Crippen LogP contribution in [0.1, 0.15) is 29.3 Å². The second-order valence-electron chi connectivity index (χ2n) is 7.24. The molecule has 1 saturated heterocycles. The molecule has 2 aromatic rings. The molecule has 0 radical (unpaired) electrons. The average Bonchev–Trinajstić information content (AvgIpc) is 3.46. The number of likely N-dealkylation sites (tertiary alicyclic amines) is 1. The van der Waals surface area contributed by atoms with Crippen molar-refractivity contribution in [1.29, 1.82) is 0 Å². The lowest BCUT2D eigenvalue weighted by molar-refractivity contribution is 0.247. The van der Waals surface area contributed by atoms with Crippen molar-refractivity contribution < 1.29 is 9.47 Å². The Bertz CT molecular complexity index is 794. The highest BCUT2D eigenvalue weighted by Crippen LogP contribution is 2.28. The van der Waals surface area contributed by atoms with Crippen molar-refractivity contribution in [2.75, 3.05) is 47.9 Å². The van der Waals surface area contributed by atoms with Crippen LogP contribution < -0.4 is 14.8 Å². The van der Waals surface area contributed by atoms with Crippen molar-refractivity contribution in [3.05, 3.63) is 46.2 Å². The van der Waals surface area contributed by atoms with Crippen LogP contribution in [0.3, 0.4) is 0 Å². The fourth-order valence-corrected chi connectivity index (χ4v) is 4.69. The third kappa shape index (κ3) is 6.24. The van der Waals surface area contributed by atoms with Gasteiger partial charge < -0.3 is 19.7 Å². The van der Waals surface area contributed by atoms with Gasteiger partial charge in [-0.2, -0.15) is 0 Å². The van der Waals surface area contributed by atoms with E-state index in [1.807, 2.05) is 36.6 Å². The van der Waals surface area contributed by atoms with Crippen LogP contribution in [0.4, 0.5) is 0 Å². The van der Waals surface area contributed by atoms with E-state index in [0.717, 1.165) is 29.6 Å². The normalized spacial score (nSPS) is 15.4. The first kappa shape index (κ1) is 24.7. The molecule has 166 valence electrons. The van der Waals surface area contributed by atoms with Gasteiger partial charge in [-0.25, -0.2) is 0 Å². The second kappa shape index (κ2) is 12.4. The van der Waals surface area contributed by atoms with Crippen LogP contribution in [0.2, 0.25) is 0 Å². The number of nitrogens with zero attached hydrogens (tertiary/aromatic N) is 3. The summed E-state index contributed by atoms with van der Waals surface area (Å²) >= 11 is 1.83. The van der Waals surface area contributed by atoms with E-state index in [9.17, 15) is 0 Å². The number of thiophene rings is 1. The van der Waals surface area contributed by atoms with Crippen LogP contribution in [0.25, 0.3) is 0 Å². The third-order valence-corrected chi connectivity index (χ3v) is 6.36. The molecule has 8 heteroatoms. The molecule has 6 nitrogen and oxygen atoms in total. The number of aliphatic imine (C=N–C) groups is 1. The lowest BCUT2D eigenvalue weighted by Gasteiger charge is -2.29. The maximum absolute atomic E-state index is 5.54. The van der Waals surface area contributed by atoms with Crippen LogP contribution in [-0.2, 0) is 6.54 Å². The van der Waals surface area contributed by atoms with E-state index in [4.69, 9.17) is 9.47 Å². The monoisotopic (exact) mass is 544 g/mol. The van der Waals surface area contributed by atoms with Crippen molar-refractivity contribution in [2.24, 2.45) is 4.99 Å². The van der Waals surface area contributed by atoms with Crippen molar-refractivity contribution >= 4 is 41.3 Å². The van der Waals surface area contributed by atoms with Crippen LogP contribution in [-0.4, -0.2) is 63.7 Å². The minimum absolute atomic E-state index is 0. The number of rotatable bonds is 8. The number of ether oxygens (including phenoxy) is 2. The van der Waals surface area contributed by atoms with Crippen LogP contribution in [0.15, 0.2) is 40.7 Å². The fourth-order valence-electron chi connectivity index (χ4n) is 3.83. The molecule has 1 aliphatic rings. The third-order valence-electron chi connectivity index (χ3n) is 5.38. The standard InChI is InChI=1S/C22H32N4O2S.HI/c1-23-22(25(2)16-17-9-10-18(27-3)14-20(17)28-4)24-15-19(21-8-7-13-29-21)26-11-5-6-12-26;/h7-10,13-14,19H,5-6,11-12,15-16H2,1-4H3,(H,23,24);1H. The van der Waals surface area contributed by atoms with Gasteiger partial charge in [0.15, 0.2) is 5.96 Å². The molecular weight excluding hydrogens is 511 g/mol. The van der Waals surface area contributed by atoms with Crippen LogP contribution >= 0.6 is 35.3 Å². The lowest BCUT2D eigenvalue weighted by atomic mass is 10.2. The highest BCUT2D eigenvalue weighted by atomic mass is 127. The maximum atomic E-state index is 5.54. The zero-order valence-corrected chi connectivity index (χ0v) is 21.4. The van der Waals surface area contributed by atoms with Gasteiger partial charge in [0.1, 0.15) is 11.5 Å². The minimum atomic E-state index is 0. The van der Waals surface area contributed by atoms with E-state index in [2.05, 4.69) is 44.7 Å². The number of halogens is 1. The molecule has 0 saturated carbocycles. The minimum Gasteiger partial charge on any atom is -0.497 e. The first-order chi connectivity index (χ1) is 14.2. The summed E-state index contributed by atoms with van der Waals surface area (Å²) in [5.41, 5.74) is 1.09. The predicted molar refractivity (Wildman–Crippen MR) is 136 cm³/mol. The van der Waals surface area contributed by atoms with Crippen LogP contribution in [0.5, 0.6) is 11.5 Å². The molecule has 2 heterocycles. The molecule has 1 aromatic carbocycles. The largest absolute Gasteiger partial charge is 0.497 e. The number of hydrogen-bond donors (Lipinski definition) is 1. The van der Waals surface area contributed by atoms with E-state index < -0.39 is 0 Å². The average molecular weight is 545 g/mol. The first-order valence-corrected chi connectivity index (χ1v) is 10.9. The Labute approximate surface area is 201 Å². The number of benzene rings is 1. The lowest BCUT2D eigenvalue weighted by Crippen LogP contribution is -2.43. The number of guanidine groups is 1. The molecule has 1 unspecified atom stereocenters. The summed E-state index contributed by atoms with van der Waals surface area (Å²) in [4.78, 5) is 10.6.